The van der Waals surface area contributed by atoms with E-state index in [2.05, 4.69) is 4.98 Å². The van der Waals surface area contributed by atoms with Crippen molar-refractivity contribution >= 4 is 44.8 Å². The molecule has 0 aliphatic carbocycles. The van der Waals surface area contributed by atoms with Gasteiger partial charge in [0.15, 0.2) is 17.1 Å². The molecule has 3 atom stereocenters. The molecular weight excluding hydrogens is 523 g/mol. The Kier molecular flexibility index (Phi) is 7.27. The number of fused-ring (bicyclic) bond motifs is 1. The summed E-state index contributed by atoms with van der Waals surface area (Å²) in [6.07, 6.45) is 1.18. The third kappa shape index (κ3) is 5.10. The molecule has 4 rings (SSSR count). The fraction of sp³-hybridized carbons (Fsp3) is 0.381. The van der Waals surface area contributed by atoms with Crippen LogP contribution < -0.4 is 0 Å². The summed E-state index contributed by atoms with van der Waals surface area (Å²) < 4.78 is 44.8. The van der Waals surface area contributed by atoms with Crippen LogP contribution in [0.5, 0.6) is 0 Å². The Balaban J connectivity index is 1.90. The second kappa shape index (κ2) is 9.91. The predicted octanol–water partition coefficient (Wildman–Crippen LogP) is 2.08. The van der Waals surface area contributed by atoms with Crippen molar-refractivity contribution in [2.75, 3.05) is 26.5 Å². The molecule has 188 valence electrons. The number of carboxylic acids is 1. The third-order valence-electron chi connectivity index (χ3n) is 5.78. The lowest BCUT2D eigenvalue weighted by Gasteiger charge is -2.34. The Morgan fingerprint density at radius 1 is 1.46 bits per heavy atom. The summed E-state index contributed by atoms with van der Waals surface area (Å²) in [6.45, 7) is -0.637. The normalized spacial score (nSPS) is 21.3. The fourth-order valence-corrected chi connectivity index (χ4v) is 6.28. The quantitative estimate of drug-likeness (QED) is 0.483. The number of carboxylic acid groups (broad SMARTS) is 1. The largest absolute Gasteiger partial charge is 0.480 e. The molecule has 10 nitrogen and oxygen atoms in total. The Hall–Kier alpha value is -2.42. The number of aliphatic imine (C=N–C) groups is 1. The maximum Gasteiger partial charge on any atom is 0.318 e. The Morgan fingerprint density at radius 3 is 2.77 bits per heavy atom. The van der Waals surface area contributed by atoms with Gasteiger partial charge < -0.3 is 19.8 Å². The summed E-state index contributed by atoms with van der Waals surface area (Å²) in [5.74, 6) is -1.44. The summed E-state index contributed by atoms with van der Waals surface area (Å²) in [5.41, 5.74) is 1.22. The lowest BCUT2D eigenvalue weighted by Crippen LogP contribution is -2.45. The number of methoxy groups -OCH3 is 1. The lowest BCUT2D eigenvalue weighted by molar-refractivity contribution is -0.137. The number of halogens is 2. The molecule has 2 N–H and O–H groups in total. The maximum atomic E-state index is 13.8. The number of aromatic nitrogens is 1. The molecule has 1 aromatic heterocycles. The maximum absolute atomic E-state index is 13.8. The minimum Gasteiger partial charge on any atom is -0.480 e. The summed E-state index contributed by atoms with van der Waals surface area (Å²) in [6, 6.07) is 2.18. The van der Waals surface area contributed by atoms with Gasteiger partial charge in [-0.3, -0.25) is 9.79 Å². The number of nitrogens with zero attached hydrogens (tertiary/aromatic N) is 4. The molecule has 2 aliphatic rings. The van der Waals surface area contributed by atoms with Crippen LogP contribution in [-0.4, -0.2) is 83.4 Å². The van der Waals surface area contributed by atoms with Crippen LogP contribution >= 0.6 is 22.9 Å². The molecule has 0 amide bonds. The molecule has 0 radical (unpaired) electrons. The van der Waals surface area contributed by atoms with Crippen molar-refractivity contribution in [3.8, 4) is 0 Å². The molecule has 0 bridgehead atoms. The van der Waals surface area contributed by atoms with E-state index in [4.69, 9.17) is 21.3 Å². The average molecular weight is 545 g/mol. The van der Waals surface area contributed by atoms with Gasteiger partial charge in [-0.2, -0.15) is 4.31 Å². The zero-order valence-corrected chi connectivity index (χ0v) is 21.0. The molecule has 1 fully saturated rings. The fourth-order valence-electron chi connectivity index (χ4n) is 4.34. The van der Waals surface area contributed by atoms with Crippen LogP contribution in [0.3, 0.4) is 0 Å². The van der Waals surface area contributed by atoms with Crippen LogP contribution in [0.15, 0.2) is 46.0 Å². The minimum atomic E-state index is -3.88. The molecule has 1 aromatic carbocycles. The first-order valence-corrected chi connectivity index (χ1v) is 13.4. The minimum absolute atomic E-state index is 0.0792. The van der Waals surface area contributed by atoms with Gasteiger partial charge in [0.25, 0.3) is 0 Å². The van der Waals surface area contributed by atoms with Crippen LogP contribution in [0.25, 0.3) is 0 Å². The highest BCUT2D eigenvalue weighted by Gasteiger charge is 2.45. The topological polar surface area (TPSA) is 133 Å². The van der Waals surface area contributed by atoms with Crippen LogP contribution in [-0.2, 0) is 19.6 Å². The number of amidine groups is 1. The lowest BCUT2D eigenvalue weighted by atomic mass is 9.94. The standard InChI is InChI=1S/C21H22ClFN4O6S2/c1-33-21(30)17-15-8-12(27(10-16(28)29)35(2,31)32)9-26(15)19(20-24-5-6-34-20)25-18(17)13-4-3-11(23)7-14(13)22/h3-7,12,18,21,30H,8-10H2,1-2H3,(H,28,29)/t12-,18-,21?/m0/s1. The molecule has 3 heterocycles. The van der Waals surface area contributed by atoms with Crippen molar-refractivity contribution in [2.45, 2.75) is 24.8 Å². The van der Waals surface area contributed by atoms with Gasteiger partial charge in [0.1, 0.15) is 18.4 Å². The van der Waals surface area contributed by atoms with Gasteiger partial charge in [0.05, 0.1) is 6.26 Å². The molecule has 0 saturated carbocycles. The SMILES string of the molecule is COC(O)C1=C2C[C@H](N(CC(=O)O)S(C)(=O)=O)CN2C(c2nccs2)=N[C@H]1c1ccc(F)cc1Cl. The van der Waals surface area contributed by atoms with Gasteiger partial charge in [0, 0.05) is 54.0 Å². The highest BCUT2D eigenvalue weighted by molar-refractivity contribution is 7.88. The number of sulfonamides is 1. The van der Waals surface area contributed by atoms with E-state index in [1.807, 2.05) is 0 Å². The molecular formula is C21H22ClFN4O6S2. The number of aliphatic carboxylic acids is 1. The monoisotopic (exact) mass is 544 g/mol. The van der Waals surface area contributed by atoms with Crippen LogP contribution in [0.4, 0.5) is 4.39 Å². The van der Waals surface area contributed by atoms with E-state index >= 15 is 0 Å². The number of thiazole rings is 1. The van der Waals surface area contributed by atoms with Gasteiger partial charge >= 0.3 is 5.97 Å². The second-order valence-electron chi connectivity index (χ2n) is 8.02. The highest BCUT2D eigenvalue weighted by atomic mass is 35.5. The van der Waals surface area contributed by atoms with E-state index in [0.717, 1.165) is 16.6 Å². The highest BCUT2D eigenvalue weighted by Crippen LogP contribution is 2.44. The van der Waals surface area contributed by atoms with Crippen molar-refractivity contribution in [2.24, 2.45) is 4.99 Å². The number of benzene rings is 1. The van der Waals surface area contributed by atoms with Crippen molar-refractivity contribution in [1.82, 2.24) is 14.2 Å². The van der Waals surface area contributed by atoms with E-state index < -0.39 is 46.7 Å². The molecule has 2 aromatic rings. The Labute approximate surface area is 210 Å². The first kappa shape index (κ1) is 25.7. The van der Waals surface area contributed by atoms with Crippen molar-refractivity contribution < 1.29 is 32.6 Å². The van der Waals surface area contributed by atoms with Gasteiger partial charge in [0.2, 0.25) is 10.0 Å². The van der Waals surface area contributed by atoms with E-state index in [-0.39, 0.29) is 18.0 Å². The summed E-state index contributed by atoms with van der Waals surface area (Å²) in [5, 5.41) is 22.5. The molecule has 2 aliphatic heterocycles. The number of hydrogen-bond acceptors (Lipinski definition) is 9. The molecule has 1 saturated heterocycles. The van der Waals surface area contributed by atoms with Gasteiger partial charge in [-0.05, 0) is 17.7 Å². The Morgan fingerprint density at radius 2 is 2.20 bits per heavy atom. The summed E-state index contributed by atoms with van der Waals surface area (Å²) >= 11 is 7.66. The van der Waals surface area contributed by atoms with Crippen molar-refractivity contribution in [3.63, 3.8) is 0 Å². The number of rotatable bonds is 8. The summed E-state index contributed by atoms with van der Waals surface area (Å²) in [7, 11) is -2.59. The average Bonchev–Trinajstić information content (AvgIpc) is 3.45. The van der Waals surface area contributed by atoms with E-state index in [0.29, 0.717) is 27.7 Å². The van der Waals surface area contributed by atoms with Gasteiger partial charge in [-0.15, -0.1) is 11.3 Å². The number of hydrogen-bond donors (Lipinski definition) is 2. The van der Waals surface area contributed by atoms with Crippen LogP contribution in [0.2, 0.25) is 5.02 Å². The van der Waals surface area contributed by atoms with Gasteiger partial charge in [-0.25, -0.2) is 17.8 Å². The zero-order chi connectivity index (χ0) is 25.5. The molecule has 14 heteroatoms. The number of aliphatic hydroxyl groups excluding tert-OH is 1. The first-order valence-electron chi connectivity index (χ1n) is 10.3. The zero-order valence-electron chi connectivity index (χ0n) is 18.6. The van der Waals surface area contributed by atoms with Crippen LogP contribution in [0, 0.1) is 5.82 Å². The van der Waals surface area contributed by atoms with Crippen molar-refractivity contribution in [3.05, 3.63) is 62.5 Å². The van der Waals surface area contributed by atoms with Gasteiger partial charge in [-0.1, -0.05) is 17.7 Å². The number of carbonyl (C=O) groups is 1. The second-order valence-corrected chi connectivity index (χ2v) is 11.3. The summed E-state index contributed by atoms with van der Waals surface area (Å²) in [4.78, 5) is 22.3. The third-order valence-corrected chi connectivity index (χ3v) is 8.15. The van der Waals surface area contributed by atoms with E-state index in [1.54, 1.807) is 16.5 Å². The van der Waals surface area contributed by atoms with E-state index in [9.17, 15) is 27.8 Å². The van der Waals surface area contributed by atoms with Crippen molar-refractivity contribution in [1.29, 1.82) is 0 Å². The van der Waals surface area contributed by atoms with E-state index in [1.165, 1.54) is 30.6 Å². The van der Waals surface area contributed by atoms with Crippen LogP contribution in [0.1, 0.15) is 23.0 Å². The molecule has 35 heavy (non-hydrogen) atoms. The smallest absolute Gasteiger partial charge is 0.318 e. The first-order chi connectivity index (χ1) is 16.5. The molecule has 1 unspecified atom stereocenters. The predicted molar refractivity (Wildman–Crippen MR) is 127 cm³/mol. The molecule has 0 spiro atoms. The Bertz CT molecular complexity index is 1300. The number of ether oxygens (including phenoxy) is 1. The number of aliphatic hydroxyl groups is 1.